The molecule has 1 aromatic rings. The van der Waals surface area contributed by atoms with Gasteiger partial charge in [-0.25, -0.2) is 4.98 Å². The SMILES string of the molecule is C=CCOCC(O)CN1CCN(c2ccc(NC(=O)CC(C)C)cn2)CC1. The van der Waals surface area contributed by atoms with Gasteiger partial charge in [0.15, 0.2) is 0 Å². The number of amides is 1. The third-order valence-corrected chi connectivity index (χ3v) is 4.34. The number of hydrogen-bond acceptors (Lipinski definition) is 6. The Balaban J connectivity index is 1.75. The average Bonchev–Trinajstić information content (AvgIpc) is 2.62. The number of pyridine rings is 1. The molecule has 1 aliphatic rings. The number of piperazine rings is 1. The van der Waals surface area contributed by atoms with Crippen LogP contribution in [0.1, 0.15) is 20.3 Å². The third kappa shape index (κ3) is 7.66. The van der Waals surface area contributed by atoms with Gasteiger partial charge in [0, 0.05) is 39.1 Å². The Morgan fingerprint density at radius 3 is 2.70 bits per heavy atom. The van der Waals surface area contributed by atoms with Gasteiger partial charge in [0.05, 0.1) is 31.2 Å². The highest BCUT2D eigenvalue weighted by Gasteiger charge is 2.20. The number of hydrogen-bond donors (Lipinski definition) is 2. The van der Waals surface area contributed by atoms with E-state index in [1.807, 2.05) is 26.0 Å². The number of aromatic nitrogens is 1. The van der Waals surface area contributed by atoms with Crippen LogP contribution >= 0.6 is 0 Å². The normalized spacial score (nSPS) is 16.4. The summed E-state index contributed by atoms with van der Waals surface area (Å²) in [6.07, 6.45) is 3.41. The van der Waals surface area contributed by atoms with Gasteiger partial charge < -0.3 is 20.1 Å². The zero-order chi connectivity index (χ0) is 19.6. The fourth-order valence-electron chi connectivity index (χ4n) is 3.03. The van der Waals surface area contributed by atoms with Crippen molar-refractivity contribution in [2.75, 3.05) is 56.2 Å². The van der Waals surface area contributed by atoms with E-state index in [-0.39, 0.29) is 5.91 Å². The van der Waals surface area contributed by atoms with E-state index in [0.29, 0.717) is 32.1 Å². The molecule has 1 aromatic heterocycles. The van der Waals surface area contributed by atoms with Crippen molar-refractivity contribution < 1.29 is 14.6 Å². The fraction of sp³-hybridized carbons (Fsp3) is 0.600. The maximum absolute atomic E-state index is 11.8. The molecule has 2 N–H and O–H groups in total. The van der Waals surface area contributed by atoms with Crippen LogP contribution in [0.25, 0.3) is 0 Å². The van der Waals surface area contributed by atoms with Gasteiger partial charge >= 0.3 is 0 Å². The minimum Gasteiger partial charge on any atom is -0.389 e. The molecular formula is C20H32N4O3. The molecule has 1 fully saturated rings. The number of rotatable bonds is 10. The molecule has 0 radical (unpaired) electrons. The summed E-state index contributed by atoms with van der Waals surface area (Å²) in [6, 6.07) is 3.84. The summed E-state index contributed by atoms with van der Waals surface area (Å²) in [4.78, 5) is 20.8. The highest BCUT2D eigenvalue weighted by Crippen LogP contribution is 2.17. The molecule has 2 heterocycles. The standard InChI is InChI=1S/C20H32N4O3/c1-4-11-27-15-18(25)14-23-7-9-24(10-8-23)19-6-5-17(13-21-19)22-20(26)12-16(2)3/h4-6,13,16,18,25H,1,7-12,14-15H2,2-3H3,(H,22,26). The van der Waals surface area contributed by atoms with Crippen LogP contribution in [0.15, 0.2) is 31.0 Å². The van der Waals surface area contributed by atoms with Gasteiger partial charge in [0.1, 0.15) is 5.82 Å². The van der Waals surface area contributed by atoms with Crippen molar-refractivity contribution in [3.63, 3.8) is 0 Å². The molecule has 1 saturated heterocycles. The zero-order valence-electron chi connectivity index (χ0n) is 16.4. The third-order valence-electron chi connectivity index (χ3n) is 4.34. The second kappa shape index (κ2) is 11.0. The van der Waals surface area contributed by atoms with Crippen molar-refractivity contribution in [1.82, 2.24) is 9.88 Å². The minimum absolute atomic E-state index is 0.0174. The number of ether oxygens (including phenoxy) is 1. The Labute approximate surface area is 162 Å². The van der Waals surface area contributed by atoms with Crippen LogP contribution < -0.4 is 10.2 Å². The second-order valence-corrected chi connectivity index (χ2v) is 7.32. The van der Waals surface area contributed by atoms with E-state index in [4.69, 9.17) is 4.74 Å². The summed E-state index contributed by atoms with van der Waals surface area (Å²) in [6.45, 7) is 12.5. The summed E-state index contributed by atoms with van der Waals surface area (Å²) in [5, 5.41) is 12.9. The van der Waals surface area contributed by atoms with Crippen molar-refractivity contribution in [2.45, 2.75) is 26.4 Å². The molecule has 1 unspecified atom stereocenters. The number of aliphatic hydroxyl groups excluding tert-OH is 1. The van der Waals surface area contributed by atoms with E-state index in [0.717, 1.165) is 37.7 Å². The van der Waals surface area contributed by atoms with Crippen molar-refractivity contribution in [3.8, 4) is 0 Å². The lowest BCUT2D eigenvalue weighted by Crippen LogP contribution is -2.49. The molecule has 7 heteroatoms. The lowest BCUT2D eigenvalue weighted by molar-refractivity contribution is -0.116. The molecular weight excluding hydrogens is 344 g/mol. The largest absolute Gasteiger partial charge is 0.389 e. The molecule has 7 nitrogen and oxygen atoms in total. The first-order chi connectivity index (χ1) is 13.0. The first-order valence-corrected chi connectivity index (χ1v) is 9.58. The maximum atomic E-state index is 11.8. The summed E-state index contributed by atoms with van der Waals surface area (Å²) in [5.74, 6) is 1.26. The zero-order valence-corrected chi connectivity index (χ0v) is 16.4. The van der Waals surface area contributed by atoms with E-state index in [9.17, 15) is 9.90 Å². The van der Waals surface area contributed by atoms with Crippen molar-refractivity contribution >= 4 is 17.4 Å². The first-order valence-electron chi connectivity index (χ1n) is 9.58. The summed E-state index contributed by atoms with van der Waals surface area (Å²) >= 11 is 0. The molecule has 150 valence electrons. The minimum atomic E-state index is -0.483. The Bertz CT molecular complexity index is 583. The fourth-order valence-corrected chi connectivity index (χ4v) is 3.03. The first kappa shape index (κ1) is 21.3. The average molecular weight is 377 g/mol. The van der Waals surface area contributed by atoms with Gasteiger partial charge in [-0.1, -0.05) is 19.9 Å². The molecule has 1 atom stereocenters. The Morgan fingerprint density at radius 1 is 1.37 bits per heavy atom. The van der Waals surface area contributed by atoms with E-state index in [1.54, 1.807) is 12.3 Å². The van der Waals surface area contributed by atoms with Gasteiger partial charge in [0.25, 0.3) is 0 Å². The molecule has 0 aromatic carbocycles. The second-order valence-electron chi connectivity index (χ2n) is 7.32. The molecule has 27 heavy (non-hydrogen) atoms. The highest BCUT2D eigenvalue weighted by molar-refractivity contribution is 5.90. The Hall–Kier alpha value is -1.96. The highest BCUT2D eigenvalue weighted by atomic mass is 16.5. The monoisotopic (exact) mass is 376 g/mol. The Morgan fingerprint density at radius 2 is 2.11 bits per heavy atom. The van der Waals surface area contributed by atoms with Crippen LogP contribution in [0, 0.1) is 5.92 Å². The molecule has 0 bridgehead atoms. The topological polar surface area (TPSA) is 77.9 Å². The molecule has 0 spiro atoms. The van der Waals surface area contributed by atoms with Crippen LogP contribution in [0.5, 0.6) is 0 Å². The van der Waals surface area contributed by atoms with Crippen LogP contribution in [-0.4, -0.2) is 72.9 Å². The van der Waals surface area contributed by atoms with Crippen LogP contribution in [-0.2, 0) is 9.53 Å². The molecule has 2 rings (SSSR count). The van der Waals surface area contributed by atoms with Gasteiger partial charge in [-0.05, 0) is 18.1 Å². The van der Waals surface area contributed by atoms with Crippen LogP contribution in [0.4, 0.5) is 11.5 Å². The lowest BCUT2D eigenvalue weighted by Gasteiger charge is -2.36. The number of nitrogens with zero attached hydrogens (tertiary/aromatic N) is 3. The molecule has 1 amide bonds. The number of aliphatic hydroxyl groups is 1. The molecule has 0 saturated carbocycles. The number of nitrogens with one attached hydrogen (secondary N) is 1. The lowest BCUT2D eigenvalue weighted by atomic mass is 10.1. The van der Waals surface area contributed by atoms with Gasteiger partial charge in [-0.2, -0.15) is 0 Å². The Kier molecular flexibility index (Phi) is 8.71. The van der Waals surface area contributed by atoms with Crippen molar-refractivity contribution in [3.05, 3.63) is 31.0 Å². The molecule has 1 aliphatic heterocycles. The van der Waals surface area contributed by atoms with Crippen molar-refractivity contribution in [2.24, 2.45) is 5.92 Å². The van der Waals surface area contributed by atoms with Gasteiger partial charge in [-0.3, -0.25) is 9.69 Å². The van der Waals surface area contributed by atoms with E-state index in [1.165, 1.54) is 0 Å². The van der Waals surface area contributed by atoms with Gasteiger partial charge in [0.2, 0.25) is 5.91 Å². The summed E-state index contributed by atoms with van der Waals surface area (Å²) in [5.41, 5.74) is 0.727. The van der Waals surface area contributed by atoms with E-state index >= 15 is 0 Å². The smallest absolute Gasteiger partial charge is 0.224 e. The number of carbonyl (C=O) groups is 1. The number of carbonyl (C=O) groups excluding carboxylic acids is 1. The summed E-state index contributed by atoms with van der Waals surface area (Å²) in [7, 11) is 0. The summed E-state index contributed by atoms with van der Waals surface area (Å²) < 4.78 is 5.29. The maximum Gasteiger partial charge on any atom is 0.224 e. The van der Waals surface area contributed by atoms with Gasteiger partial charge in [-0.15, -0.1) is 6.58 Å². The number of anilines is 2. The van der Waals surface area contributed by atoms with E-state index < -0.39 is 6.10 Å². The number of β-amino-alcohol motifs (C(OH)–C–C–N with tert-alkyl or cyclic N) is 1. The van der Waals surface area contributed by atoms with Crippen LogP contribution in [0.2, 0.25) is 0 Å². The predicted molar refractivity (Wildman–Crippen MR) is 108 cm³/mol. The molecule has 0 aliphatic carbocycles. The quantitative estimate of drug-likeness (QED) is 0.479. The van der Waals surface area contributed by atoms with Crippen LogP contribution in [0.3, 0.4) is 0 Å². The van der Waals surface area contributed by atoms with E-state index in [2.05, 4.69) is 26.7 Å². The van der Waals surface area contributed by atoms with Crippen molar-refractivity contribution in [1.29, 1.82) is 0 Å². The predicted octanol–water partition coefficient (Wildman–Crippen LogP) is 1.75.